The summed E-state index contributed by atoms with van der Waals surface area (Å²) in [6, 6.07) is 20.6. The first kappa shape index (κ1) is 19.0. The Kier molecular flexibility index (Phi) is 6.18. The van der Waals surface area contributed by atoms with E-state index >= 15 is 0 Å². The minimum absolute atomic E-state index is 0.428. The summed E-state index contributed by atoms with van der Waals surface area (Å²) >= 11 is 0. The minimum Gasteiger partial charge on any atom is -0.507 e. The van der Waals surface area contributed by atoms with Crippen LogP contribution in [0.2, 0.25) is 0 Å². The zero-order valence-electron chi connectivity index (χ0n) is 16.5. The van der Waals surface area contributed by atoms with E-state index in [1.54, 1.807) is 7.11 Å². The third-order valence-electron chi connectivity index (χ3n) is 5.21. The molecule has 27 heavy (non-hydrogen) atoms. The van der Waals surface area contributed by atoms with Crippen molar-refractivity contribution in [3.8, 4) is 11.5 Å². The fraction of sp³-hybridized carbons (Fsp3) is 0.280. The average molecular weight is 360 g/mol. The first-order valence-corrected chi connectivity index (χ1v) is 9.69. The lowest BCUT2D eigenvalue weighted by atomic mass is 9.87. The van der Waals surface area contributed by atoms with Gasteiger partial charge in [0.2, 0.25) is 0 Å². The molecule has 0 spiro atoms. The van der Waals surface area contributed by atoms with Crippen LogP contribution in [0.25, 0.3) is 0 Å². The van der Waals surface area contributed by atoms with Crippen LogP contribution in [0.3, 0.4) is 0 Å². The molecule has 0 unspecified atom stereocenters. The predicted octanol–water partition coefficient (Wildman–Crippen LogP) is 5.71. The largest absolute Gasteiger partial charge is 0.507 e. The van der Waals surface area contributed by atoms with Crippen LogP contribution in [0, 0.1) is 0 Å². The zero-order chi connectivity index (χ0) is 19.2. The van der Waals surface area contributed by atoms with E-state index in [0.29, 0.717) is 18.6 Å². The first-order valence-electron chi connectivity index (χ1n) is 9.69. The third kappa shape index (κ3) is 4.00. The smallest absolute Gasteiger partial charge is 0.126 e. The van der Waals surface area contributed by atoms with Crippen molar-refractivity contribution in [3.05, 3.63) is 94.0 Å². The summed E-state index contributed by atoms with van der Waals surface area (Å²) in [6.07, 6.45) is 3.07. The van der Waals surface area contributed by atoms with Crippen LogP contribution in [0.5, 0.6) is 11.5 Å². The van der Waals surface area contributed by atoms with Gasteiger partial charge in [0.1, 0.15) is 11.5 Å². The van der Waals surface area contributed by atoms with E-state index in [4.69, 9.17) is 4.74 Å². The highest BCUT2D eigenvalue weighted by atomic mass is 16.5. The Balaban J connectivity index is 2.17. The summed E-state index contributed by atoms with van der Waals surface area (Å²) in [5.41, 5.74) is 6.60. The van der Waals surface area contributed by atoms with Crippen molar-refractivity contribution in [2.75, 3.05) is 7.11 Å². The molecular formula is C25H28O2. The summed E-state index contributed by atoms with van der Waals surface area (Å²) in [5.74, 6) is 1.37. The maximum absolute atomic E-state index is 11.3. The van der Waals surface area contributed by atoms with Crippen molar-refractivity contribution in [1.29, 1.82) is 0 Å². The van der Waals surface area contributed by atoms with Crippen LogP contribution < -0.4 is 4.74 Å². The summed E-state index contributed by atoms with van der Waals surface area (Å²) in [5, 5.41) is 11.3. The van der Waals surface area contributed by atoms with Crippen molar-refractivity contribution < 1.29 is 9.84 Å². The molecule has 0 atom stereocenters. The van der Waals surface area contributed by atoms with Crippen molar-refractivity contribution in [2.45, 2.75) is 39.5 Å². The molecule has 0 fully saturated rings. The number of hydrogen-bond donors (Lipinski definition) is 1. The Hall–Kier alpha value is -2.74. The highest BCUT2D eigenvalue weighted by molar-refractivity contribution is 5.61. The predicted molar refractivity (Wildman–Crippen MR) is 112 cm³/mol. The second kappa shape index (κ2) is 8.77. The van der Waals surface area contributed by atoms with E-state index in [1.165, 1.54) is 11.1 Å². The van der Waals surface area contributed by atoms with Gasteiger partial charge in [-0.15, -0.1) is 0 Å². The van der Waals surface area contributed by atoms with Gasteiger partial charge in [-0.05, 0) is 24.0 Å². The molecule has 0 aliphatic heterocycles. The number of phenolic OH excluding ortho intramolecular Hbond substituents is 1. The molecule has 0 bridgehead atoms. The van der Waals surface area contributed by atoms with Crippen LogP contribution in [0.4, 0.5) is 0 Å². The van der Waals surface area contributed by atoms with Gasteiger partial charge in [-0.1, -0.05) is 74.5 Å². The van der Waals surface area contributed by atoms with E-state index in [9.17, 15) is 5.11 Å². The zero-order valence-corrected chi connectivity index (χ0v) is 16.5. The Morgan fingerprint density at radius 3 is 1.41 bits per heavy atom. The van der Waals surface area contributed by atoms with Gasteiger partial charge >= 0.3 is 0 Å². The minimum atomic E-state index is 0.428. The topological polar surface area (TPSA) is 29.5 Å². The third-order valence-corrected chi connectivity index (χ3v) is 5.21. The van der Waals surface area contributed by atoms with Gasteiger partial charge in [0.25, 0.3) is 0 Å². The molecule has 0 aromatic heterocycles. The molecule has 0 amide bonds. The molecule has 3 aromatic rings. The molecule has 2 heteroatoms. The molecule has 2 nitrogen and oxygen atoms in total. The monoisotopic (exact) mass is 360 g/mol. The molecule has 140 valence electrons. The lowest BCUT2D eigenvalue weighted by molar-refractivity contribution is 0.398. The van der Waals surface area contributed by atoms with Crippen molar-refractivity contribution in [1.82, 2.24) is 0 Å². The van der Waals surface area contributed by atoms with Crippen LogP contribution in [-0.4, -0.2) is 12.2 Å². The van der Waals surface area contributed by atoms with Gasteiger partial charge in [-0.3, -0.25) is 0 Å². The molecule has 1 N–H and O–H groups in total. The molecule has 0 saturated carbocycles. The van der Waals surface area contributed by atoms with Gasteiger partial charge in [-0.25, -0.2) is 0 Å². The normalized spacial score (nSPS) is 10.8. The molecule has 0 aliphatic rings. The van der Waals surface area contributed by atoms with Crippen molar-refractivity contribution in [2.24, 2.45) is 0 Å². The van der Waals surface area contributed by atoms with E-state index in [0.717, 1.165) is 40.8 Å². The van der Waals surface area contributed by atoms with Crippen molar-refractivity contribution >= 4 is 0 Å². The number of phenols is 1. The van der Waals surface area contributed by atoms with Crippen LogP contribution >= 0.6 is 0 Å². The van der Waals surface area contributed by atoms with E-state index in [-0.39, 0.29) is 0 Å². The number of ether oxygens (including phenoxy) is 1. The lowest BCUT2D eigenvalue weighted by Crippen LogP contribution is -2.08. The number of rotatable bonds is 7. The SMILES string of the molecule is CCc1c(Cc2ccccc2)c(O)c(Cc2ccccc2)c(CC)c1OC. The summed E-state index contributed by atoms with van der Waals surface area (Å²) < 4.78 is 5.86. The van der Waals surface area contributed by atoms with Gasteiger partial charge in [0.05, 0.1) is 7.11 Å². The fourth-order valence-corrected chi connectivity index (χ4v) is 3.90. The van der Waals surface area contributed by atoms with Gasteiger partial charge in [0, 0.05) is 35.1 Å². The van der Waals surface area contributed by atoms with Gasteiger partial charge in [0.15, 0.2) is 0 Å². The average Bonchev–Trinajstić information content (AvgIpc) is 2.72. The molecule has 0 saturated heterocycles. The fourth-order valence-electron chi connectivity index (χ4n) is 3.90. The summed E-state index contributed by atoms with van der Waals surface area (Å²) in [7, 11) is 1.74. The number of hydrogen-bond acceptors (Lipinski definition) is 2. The summed E-state index contributed by atoms with van der Waals surface area (Å²) in [4.78, 5) is 0. The van der Waals surface area contributed by atoms with Crippen LogP contribution in [-0.2, 0) is 25.7 Å². The Morgan fingerprint density at radius 1 is 0.667 bits per heavy atom. The summed E-state index contributed by atoms with van der Waals surface area (Å²) in [6.45, 7) is 4.25. The number of methoxy groups -OCH3 is 1. The molecule has 0 radical (unpaired) electrons. The molecule has 3 aromatic carbocycles. The molecule has 0 heterocycles. The quantitative estimate of drug-likeness (QED) is 0.585. The molecule has 0 aliphatic carbocycles. The van der Waals surface area contributed by atoms with Gasteiger partial charge < -0.3 is 9.84 Å². The van der Waals surface area contributed by atoms with E-state index in [2.05, 4.69) is 38.1 Å². The Morgan fingerprint density at radius 2 is 1.07 bits per heavy atom. The maximum Gasteiger partial charge on any atom is 0.126 e. The second-order valence-corrected chi connectivity index (χ2v) is 6.83. The van der Waals surface area contributed by atoms with Crippen LogP contribution in [0.1, 0.15) is 47.2 Å². The number of benzene rings is 3. The van der Waals surface area contributed by atoms with E-state index in [1.807, 2.05) is 36.4 Å². The standard InChI is InChI=1S/C25H28O2/c1-4-20-22(16-18-12-8-6-9-13-18)24(26)23(21(5-2)25(20)27-3)17-19-14-10-7-11-15-19/h6-15,26H,4-5,16-17H2,1-3H3. The van der Waals surface area contributed by atoms with Crippen LogP contribution in [0.15, 0.2) is 60.7 Å². The Labute approximate surface area is 162 Å². The molecular weight excluding hydrogens is 332 g/mol. The first-order chi connectivity index (χ1) is 13.2. The van der Waals surface area contributed by atoms with Gasteiger partial charge in [-0.2, -0.15) is 0 Å². The van der Waals surface area contributed by atoms with Crippen molar-refractivity contribution in [3.63, 3.8) is 0 Å². The van der Waals surface area contributed by atoms with E-state index < -0.39 is 0 Å². The second-order valence-electron chi connectivity index (χ2n) is 6.83. The Bertz CT molecular complexity index is 813. The molecule has 3 rings (SSSR count). The lowest BCUT2D eigenvalue weighted by Gasteiger charge is -2.23. The maximum atomic E-state index is 11.3. The highest BCUT2D eigenvalue weighted by Gasteiger charge is 2.23. The number of aromatic hydroxyl groups is 1. The highest BCUT2D eigenvalue weighted by Crippen LogP contribution is 2.41.